The predicted octanol–water partition coefficient (Wildman–Crippen LogP) is 2.55. The molecule has 0 radical (unpaired) electrons. The van der Waals surface area contributed by atoms with E-state index in [-0.39, 0.29) is 30.8 Å². The predicted molar refractivity (Wildman–Crippen MR) is 67.8 cm³/mol. The molecule has 0 saturated carbocycles. The number of nitrogens with two attached hydrogens (primary N) is 1. The molecule has 5 heteroatoms. The molecular weight excluding hydrogens is 237 g/mol. The molecule has 0 unspecified atom stereocenters. The van der Waals surface area contributed by atoms with Gasteiger partial charge in [-0.2, -0.15) is 0 Å². The Hall–Kier alpha value is 0.01000. The van der Waals surface area contributed by atoms with Crippen LogP contribution in [0, 0.1) is 5.92 Å². The van der Waals surface area contributed by atoms with Crippen molar-refractivity contribution >= 4 is 30.8 Å². The zero-order valence-corrected chi connectivity index (χ0v) is 11.7. The number of carbonyl (C=O) groups is 1. The minimum absolute atomic E-state index is 0. The second kappa shape index (κ2) is 8.20. The molecule has 0 aliphatic heterocycles. The summed E-state index contributed by atoms with van der Waals surface area (Å²) in [6.07, 6.45) is 0.676. The highest BCUT2D eigenvalue weighted by molar-refractivity contribution is 5.85. The lowest BCUT2D eigenvalue weighted by Crippen LogP contribution is -2.38. The molecule has 0 bridgehead atoms. The van der Waals surface area contributed by atoms with Gasteiger partial charge in [-0.05, 0) is 33.1 Å². The number of rotatable bonds is 3. The van der Waals surface area contributed by atoms with Gasteiger partial charge in [-0.15, -0.1) is 24.8 Å². The SMILES string of the molecule is CC(C)C[C@H](N)C(=O)OC(C)(C)C.Cl.Cl. The second-order valence-corrected chi connectivity index (χ2v) is 4.77. The van der Waals surface area contributed by atoms with Crippen molar-refractivity contribution in [3.8, 4) is 0 Å². The van der Waals surface area contributed by atoms with Crippen molar-refractivity contribution in [1.82, 2.24) is 0 Å². The molecule has 0 aliphatic carbocycles. The zero-order chi connectivity index (χ0) is 10.6. The lowest BCUT2D eigenvalue weighted by molar-refractivity contribution is -0.156. The van der Waals surface area contributed by atoms with Gasteiger partial charge in [0.05, 0.1) is 0 Å². The molecular formula is C10H23Cl2NO2. The van der Waals surface area contributed by atoms with Gasteiger partial charge in [0.1, 0.15) is 11.6 Å². The summed E-state index contributed by atoms with van der Waals surface area (Å²) in [4.78, 5) is 11.3. The van der Waals surface area contributed by atoms with E-state index < -0.39 is 11.6 Å². The van der Waals surface area contributed by atoms with Crippen LogP contribution in [0.5, 0.6) is 0 Å². The third-order valence-corrected chi connectivity index (χ3v) is 1.43. The highest BCUT2D eigenvalue weighted by atomic mass is 35.5. The molecule has 94 valence electrons. The van der Waals surface area contributed by atoms with Gasteiger partial charge < -0.3 is 10.5 Å². The molecule has 2 N–H and O–H groups in total. The minimum Gasteiger partial charge on any atom is -0.459 e. The molecule has 0 heterocycles. The van der Waals surface area contributed by atoms with Crippen molar-refractivity contribution in [2.45, 2.75) is 52.7 Å². The van der Waals surface area contributed by atoms with Crippen LogP contribution in [0.2, 0.25) is 0 Å². The Morgan fingerprint density at radius 3 is 1.93 bits per heavy atom. The van der Waals surface area contributed by atoms with Crippen LogP contribution in [0.25, 0.3) is 0 Å². The molecule has 1 atom stereocenters. The summed E-state index contributed by atoms with van der Waals surface area (Å²) in [5, 5.41) is 0. The maximum absolute atomic E-state index is 11.3. The largest absolute Gasteiger partial charge is 0.459 e. The maximum Gasteiger partial charge on any atom is 0.323 e. The first-order valence-electron chi connectivity index (χ1n) is 4.71. The number of halogens is 2. The lowest BCUT2D eigenvalue weighted by atomic mass is 10.0. The average Bonchev–Trinajstić information content (AvgIpc) is 1.81. The van der Waals surface area contributed by atoms with E-state index in [1.165, 1.54) is 0 Å². The summed E-state index contributed by atoms with van der Waals surface area (Å²) >= 11 is 0. The van der Waals surface area contributed by atoms with Crippen LogP contribution >= 0.6 is 24.8 Å². The van der Waals surface area contributed by atoms with Crippen molar-refractivity contribution in [2.75, 3.05) is 0 Å². The quantitative estimate of drug-likeness (QED) is 0.793. The van der Waals surface area contributed by atoms with Crippen LogP contribution in [0.4, 0.5) is 0 Å². The van der Waals surface area contributed by atoms with Crippen molar-refractivity contribution in [3.05, 3.63) is 0 Å². The standard InChI is InChI=1S/C10H21NO2.2ClH/c1-7(2)6-8(11)9(12)13-10(3,4)5;;/h7-8H,6,11H2,1-5H3;2*1H/t8-;;/m0../s1. The Kier molecular flexibility index (Phi) is 11.2. The van der Waals surface area contributed by atoms with Gasteiger partial charge in [-0.1, -0.05) is 13.8 Å². The molecule has 0 aromatic rings. The van der Waals surface area contributed by atoms with Crippen LogP contribution in [0.15, 0.2) is 0 Å². The van der Waals surface area contributed by atoms with E-state index in [1.807, 2.05) is 34.6 Å². The number of carbonyl (C=O) groups excluding carboxylic acids is 1. The Bertz CT molecular complexity index is 179. The van der Waals surface area contributed by atoms with E-state index in [1.54, 1.807) is 0 Å². The van der Waals surface area contributed by atoms with Gasteiger partial charge in [0.25, 0.3) is 0 Å². The van der Waals surface area contributed by atoms with Crippen molar-refractivity contribution in [1.29, 1.82) is 0 Å². The smallest absolute Gasteiger partial charge is 0.323 e. The highest BCUT2D eigenvalue weighted by Crippen LogP contribution is 2.11. The van der Waals surface area contributed by atoms with Gasteiger partial charge in [-0.25, -0.2) is 0 Å². The summed E-state index contributed by atoms with van der Waals surface area (Å²) < 4.78 is 5.14. The van der Waals surface area contributed by atoms with Crippen molar-refractivity contribution in [3.63, 3.8) is 0 Å². The first kappa shape index (κ1) is 20.4. The Labute approximate surface area is 105 Å². The molecule has 0 aliphatic rings. The molecule has 0 saturated heterocycles. The van der Waals surface area contributed by atoms with Crippen LogP contribution < -0.4 is 5.73 Å². The molecule has 0 spiro atoms. The fourth-order valence-corrected chi connectivity index (χ4v) is 0.982. The minimum atomic E-state index is -0.487. The van der Waals surface area contributed by atoms with Crippen LogP contribution in [-0.4, -0.2) is 17.6 Å². The number of hydrogen-bond acceptors (Lipinski definition) is 3. The van der Waals surface area contributed by atoms with E-state index in [0.717, 1.165) is 0 Å². The number of esters is 1. The highest BCUT2D eigenvalue weighted by Gasteiger charge is 2.22. The summed E-state index contributed by atoms with van der Waals surface area (Å²) in [5.41, 5.74) is 5.21. The molecule has 0 aromatic carbocycles. The second-order valence-electron chi connectivity index (χ2n) is 4.77. The van der Waals surface area contributed by atoms with E-state index in [4.69, 9.17) is 10.5 Å². The zero-order valence-electron chi connectivity index (χ0n) is 10.1. The maximum atomic E-state index is 11.3. The summed E-state index contributed by atoms with van der Waals surface area (Å²) in [5.74, 6) is 0.115. The molecule has 3 nitrogen and oxygen atoms in total. The normalized spacial score (nSPS) is 12.5. The van der Waals surface area contributed by atoms with Crippen LogP contribution in [0.1, 0.15) is 41.0 Å². The van der Waals surface area contributed by atoms with Crippen molar-refractivity contribution < 1.29 is 9.53 Å². The van der Waals surface area contributed by atoms with Gasteiger partial charge in [0.2, 0.25) is 0 Å². The molecule has 0 rings (SSSR count). The van der Waals surface area contributed by atoms with Crippen LogP contribution in [0.3, 0.4) is 0 Å². The Morgan fingerprint density at radius 1 is 1.27 bits per heavy atom. The molecule has 15 heavy (non-hydrogen) atoms. The lowest BCUT2D eigenvalue weighted by Gasteiger charge is -2.22. The Balaban J connectivity index is -0.000000720. The van der Waals surface area contributed by atoms with E-state index in [0.29, 0.717) is 12.3 Å². The van der Waals surface area contributed by atoms with E-state index in [2.05, 4.69) is 0 Å². The van der Waals surface area contributed by atoms with E-state index in [9.17, 15) is 4.79 Å². The third-order valence-electron chi connectivity index (χ3n) is 1.43. The summed E-state index contributed by atoms with van der Waals surface area (Å²) in [6, 6.07) is -0.487. The van der Waals surface area contributed by atoms with E-state index >= 15 is 0 Å². The number of ether oxygens (including phenoxy) is 1. The summed E-state index contributed by atoms with van der Waals surface area (Å²) in [7, 11) is 0. The van der Waals surface area contributed by atoms with Crippen molar-refractivity contribution in [2.24, 2.45) is 11.7 Å². The van der Waals surface area contributed by atoms with Gasteiger partial charge in [0, 0.05) is 0 Å². The molecule has 0 aromatic heterocycles. The fraction of sp³-hybridized carbons (Fsp3) is 0.900. The molecule has 0 fully saturated rings. The molecule has 0 amide bonds. The van der Waals surface area contributed by atoms with Crippen LogP contribution in [-0.2, 0) is 9.53 Å². The van der Waals surface area contributed by atoms with Gasteiger partial charge in [0.15, 0.2) is 0 Å². The monoisotopic (exact) mass is 259 g/mol. The van der Waals surface area contributed by atoms with Gasteiger partial charge in [-0.3, -0.25) is 4.79 Å². The summed E-state index contributed by atoms with van der Waals surface area (Å²) in [6.45, 7) is 9.58. The fourth-order valence-electron chi connectivity index (χ4n) is 0.982. The van der Waals surface area contributed by atoms with Gasteiger partial charge >= 0.3 is 5.97 Å². The topological polar surface area (TPSA) is 52.3 Å². The third kappa shape index (κ3) is 11.9. The average molecular weight is 260 g/mol. The first-order chi connectivity index (χ1) is 5.72. The first-order valence-corrected chi connectivity index (χ1v) is 4.71. The Morgan fingerprint density at radius 2 is 1.67 bits per heavy atom. The number of hydrogen-bond donors (Lipinski definition) is 1.